The number of rotatable bonds is 6. The van der Waals surface area contributed by atoms with Gasteiger partial charge in [-0.2, -0.15) is 0 Å². The number of para-hydroxylation sites is 1. The number of amides is 1. The first-order chi connectivity index (χ1) is 15.6. The van der Waals surface area contributed by atoms with Crippen molar-refractivity contribution in [1.82, 2.24) is 14.9 Å². The van der Waals surface area contributed by atoms with E-state index in [9.17, 15) is 4.79 Å². The molecule has 0 bridgehead atoms. The van der Waals surface area contributed by atoms with E-state index in [2.05, 4.69) is 35.9 Å². The molecule has 6 nitrogen and oxygen atoms in total. The van der Waals surface area contributed by atoms with E-state index in [-0.39, 0.29) is 5.91 Å². The average molecular weight is 467 g/mol. The largest absolute Gasteiger partial charge is 0.379 e. The number of fused-ring (bicyclic) bond motifs is 2. The van der Waals surface area contributed by atoms with Gasteiger partial charge in [-0.3, -0.25) is 14.6 Å². The smallest absolute Gasteiger partial charge is 0.289 e. The maximum Gasteiger partial charge on any atom is 0.289 e. The zero-order chi connectivity index (χ0) is 22.1. The summed E-state index contributed by atoms with van der Waals surface area (Å²) in [5.41, 5.74) is 4.27. The van der Waals surface area contributed by atoms with Gasteiger partial charge >= 0.3 is 0 Å². The molecule has 1 fully saturated rings. The third kappa shape index (κ3) is 4.41. The summed E-state index contributed by atoms with van der Waals surface area (Å²) in [6.45, 7) is 9.23. The third-order valence-electron chi connectivity index (χ3n) is 5.91. The number of carbonyl (C=O) groups excluding carboxylic acids is 1. The Bertz CT molecular complexity index is 1190. The molecule has 5 rings (SSSR count). The molecule has 0 saturated carbocycles. The molecule has 4 aromatic rings. The Morgan fingerprint density at radius 1 is 1.03 bits per heavy atom. The number of aromatic nitrogens is 2. The first-order valence-electron chi connectivity index (χ1n) is 10.9. The summed E-state index contributed by atoms with van der Waals surface area (Å²) >= 11 is 3.03. The van der Waals surface area contributed by atoms with Gasteiger partial charge in [-0.05, 0) is 55.7 Å². The standard InChI is InChI=1S/C24H26N4O2S2/c1-16-14-19-21(15-17(16)2)32-24(26-19)28(9-5-8-27-10-12-30-13-11-27)23(29)22-25-18-6-3-4-7-20(18)31-22/h3-4,6-7,14-15H,5,8-13H2,1-2H3. The minimum Gasteiger partial charge on any atom is -0.379 e. The Morgan fingerprint density at radius 2 is 1.81 bits per heavy atom. The average Bonchev–Trinajstić information content (AvgIpc) is 3.41. The lowest BCUT2D eigenvalue weighted by atomic mass is 10.1. The number of anilines is 1. The number of hydrogen-bond donors (Lipinski definition) is 0. The van der Waals surface area contributed by atoms with Crippen molar-refractivity contribution in [3.63, 3.8) is 0 Å². The van der Waals surface area contributed by atoms with Gasteiger partial charge < -0.3 is 4.74 Å². The molecule has 1 aliphatic rings. The third-order valence-corrected chi connectivity index (χ3v) is 7.97. The van der Waals surface area contributed by atoms with Crippen LogP contribution in [0.3, 0.4) is 0 Å². The van der Waals surface area contributed by atoms with Crippen LogP contribution < -0.4 is 4.90 Å². The molecule has 0 N–H and O–H groups in total. The van der Waals surface area contributed by atoms with Gasteiger partial charge in [-0.15, -0.1) is 11.3 Å². The second kappa shape index (κ2) is 9.23. The molecule has 0 unspecified atom stereocenters. The summed E-state index contributed by atoms with van der Waals surface area (Å²) in [6, 6.07) is 12.2. The van der Waals surface area contributed by atoms with Crippen LogP contribution >= 0.6 is 22.7 Å². The zero-order valence-corrected chi connectivity index (χ0v) is 20.0. The topological polar surface area (TPSA) is 58.6 Å². The monoisotopic (exact) mass is 466 g/mol. The van der Waals surface area contributed by atoms with Crippen molar-refractivity contribution in [3.05, 3.63) is 52.5 Å². The molecular formula is C24H26N4O2S2. The number of aryl methyl sites for hydroxylation is 2. The van der Waals surface area contributed by atoms with Crippen LogP contribution in [0.5, 0.6) is 0 Å². The zero-order valence-electron chi connectivity index (χ0n) is 18.3. The first kappa shape index (κ1) is 21.5. The molecule has 166 valence electrons. The van der Waals surface area contributed by atoms with Crippen molar-refractivity contribution in [2.45, 2.75) is 20.3 Å². The predicted octanol–water partition coefficient (Wildman–Crippen LogP) is 4.89. The van der Waals surface area contributed by atoms with Crippen LogP contribution in [0.4, 0.5) is 5.13 Å². The molecule has 0 spiro atoms. The van der Waals surface area contributed by atoms with Crippen LogP contribution in [0.2, 0.25) is 0 Å². The van der Waals surface area contributed by atoms with Crippen LogP contribution in [0.1, 0.15) is 27.3 Å². The maximum absolute atomic E-state index is 13.6. The molecule has 3 heterocycles. The fourth-order valence-electron chi connectivity index (χ4n) is 3.92. The molecule has 1 aliphatic heterocycles. The van der Waals surface area contributed by atoms with Crippen LogP contribution in [0.25, 0.3) is 20.4 Å². The van der Waals surface area contributed by atoms with Gasteiger partial charge in [-0.1, -0.05) is 23.5 Å². The number of thiazole rings is 2. The summed E-state index contributed by atoms with van der Waals surface area (Å²) < 4.78 is 7.59. The van der Waals surface area contributed by atoms with Crippen molar-refractivity contribution < 1.29 is 9.53 Å². The van der Waals surface area contributed by atoms with Gasteiger partial charge in [-0.25, -0.2) is 9.97 Å². The number of carbonyl (C=O) groups is 1. The van der Waals surface area contributed by atoms with E-state index in [0.29, 0.717) is 11.6 Å². The lowest BCUT2D eigenvalue weighted by Crippen LogP contribution is -2.39. The molecule has 0 atom stereocenters. The van der Waals surface area contributed by atoms with Crippen molar-refractivity contribution in [2.24, 2.45) is 0 Å². The molecular weight excluding hydrogens is 440 g/mol. The van der Waals surface area contributed by atoms with Gasteiger partial charge in [0.2, 0.25) is 0 Å². The molecule has 0 aliphatic carbocycles. The predicted molar refractivity (Wildman–Crippen MR) is 132 cm³/mol. The van der Waals surface area contributed by atoms with Gasteiger partial charge in [0.05, 0.1) is 33.6 Å². The van der Waals surface area contributed by atoms with Crippen molar-refractivity contribution in [1.29, 1.82) is 0 Å². The van der Waals surface area contributed by atoms with E-state index in [1.807, 2.05) is 29.2 Å². The molecule has 1 saturated heterocycles. The molecule has 32 heavy (non-hydrogen) atoms. The summed E-state index contributed by atoms with van der Waals surface area (Å²) in [7, 11) is 0. The van der Waals surface area contributed by atoms with Crippen molar-refractivity contribution in [2.75, 3.05) is 44.3 Å². The number of benzene rings is 2. The SMILES string of the molecule is Cc1cc2nc(N(CCCN3CCOCC3)C(=O)c3nc4ccccc4s3)sc2cc1C. The fourth-order valence-corrected chi connectivity index (χ4v) is 5.91. The normalized spacial score (nSPS) is 14.9. The van der Waals surface area contributed by atoms with E-state index >= 15 is 0 Å². The Kier molecular flexibility index (Phi) is 6.19. The summed E-state index contributed by atoms with van der Waals surface area (Å²) in [5, 5.41) is 1.26. The van der Waals surface area contributed by atoms with E-state index in [0.717, 1.165) is 64.8 Å². The Labute approximate surface area is 195 Å². The Balaban J connectivity index is 1.44. The van der Waals surface area contributed by atoms with Crippen LogP contribution in [0.15, 0.2) is 36.4 Å². The lowest BCUT2D eigenvalue weighted by Gasteiger charge is -2.27. The number of ether oxygens (including phenoxy) is 1. The summed E-state index contributed by atoms with van der Waals surface area (Å²) in [6.07, 6.45) is 0.880. The van der Waals surface area contributed by atoms with Crippen LogP contribution in [-0.4, -0.2) is 60.2 Å². The molecule has 2 aromatic carbocycles. The molecule has 0 radical (unpaired) electrons. The highest BCUT2D eigenvalue weighted by Crippen LogP contribution is 2.32. The maximum atomic E-state index is 13.6. The summed E-state index contributed by atoms with van der Waals surface area (Å²) in [5.74, 6) is -0.0688. The highest BCUT2D eigenvalue weighted by atomic mass is 32.1. The second-order valence-electron chi connectivity index (χ2n) is 8.15. The minimum atomic E-state index is -0.0688. The minimum absolute atomic E-state index is 0.0688. The van der Waals surface area contributed by atoms with Gasteiger partial charge in [0.1, 0.15) is 0 Å². The highest BCUT2D eigenvalue weighted by Gasteiger charge is 2.24. The van der Waals surface area contributed by atoms with E-state index < -0.39 is 0 Å². The van der Waals surface area contributed by atoms with Gasteiger partial charge in [0.25, 0.3) is 5.91 Å². The van der Waals surface area contributed by atoms with E-state index in [1.165, 1.54) is 22.5 Å². The molecule has 2 aromatic heterocycles. The highest BCUT2D eigenvalue weighted by molar-refractivity contribution is 7.23. The summed E-state index contributed by atoms with van der Waals surface area (Å²) in [4.78, 5) is 27.3. The van der Waals surface area contributed by atoms with Crippen molar-refractivity contribution >= 4 is 54.1 Å². The second-order valence-corrected chi connectivity index (χ2v) is 10.2. The van der Waals surface area contributed by atoms with Gasteiger partial charge in [0.15, 0.2) is 10.1 Å². The number of morpholine rings is 1. The number of hydrogen-bond acceptors (Lipinski definition) is 7. The van der Waals surface area contributed by atoms with Crippen LogP contribution in [-0.2, 0) is 4.74 Å². The lowest BCUT2D eigenvalue weighted by molar-refractivity contribution is 0.0376. The Hall–Kier alpha value is -2.39. The van der Waals surface area contributed by atoms with Crippen LogP contribution in [0, 0.1) is 13.8 Å². The van der Waals surface area contributed by atoms with E-state index in [1.54, 1.807) is 11.3 Å². The number of nitrogens with zero attached hydrogens (tertiary/aromatic N) is 4. The molecule has 8 heteroatoms. The first-order valence-corrected chi connectivity index (χ1v) is 12.6. The van der Waals surface area contributed by atoms with Gasteiger partial charge in [0, 0.05) is 26.2 Å². The Morgan fingerprint density at radius 3 is 2.62 bits per heavy atom. The van der Waals surface area contributed by atoms with Crippen molar-refractivity contribution in [3.8, 4) is 0 Å². The van der Waals surface area contributed by atoms with E-state index in [4.69, 9.17) is 9.72 Å². The molecule has 1 amide bonds. The fraction of sp³-hybridized carbons (Fsp3) is 0.375. The quantitative estimate of drug-likeness (QED) is 0.405.